The van der Waals surface area contributed by atoms with Gasteiger partial charge in [0.2, 0.25) is 5.91 Å². The molecule has 1 amide bonds. The highest BCUT2D eigenvalue weighted by molar-refractivity contribution is 6.30. The van der Waals surface area contributed by atoms with Crippen molar-refractivity contribution < 1.29 is 4.79 Å². The van der Waals surface area contributed by atoms with Crippen molar-refractivity contribution in [1.29, 1.82) is 0 Å². The van der Waals surface area contributed by atoms with Gasteiger partial charge in [-0.25, -0.2) is 0 Å². The Morgan fingerprint density at radius 1 is 1.21 bits per heavy atom. The SMILES string of the molecule is CN=C(NCCNC(=O)CC1CCCC1)NC1CCN(c2cccc(Cl)c2)C1. The van der Waals surface area contributed by atoms with Crippen LogP contribution in [0.4, 0.5) is 5.69 Å². The first-order valence-corrected chi connectivity index (χ1v) is 10.8. The molecule has 1 aromatic carbocycles. The molecular weight excluding hydrogens is 374 g/mol. The van der Waals surface area contributed by atoms with Crippen molar-refractivity contribution in [3.05, 3.63) is 29.3 Å². The molecule has 1 saturated carbocycles. The third kappa shape index (κ3) is 6.30. The van der Waals surface area contributed by atoms with Crippen LogP contribution in [0.15, 0.2) is 29.3 Å². The number of hydrogen-bond donors (Lipinski definition) is 3. The number of amides is 1. The lowest BCUT2D eigenvalue weighted by atomic mass is 10.0. The third-order valence-electron chi connectivity index (χ3n) is 5.61. The van der Waals surface area contributed by atoms with Crippen LogP contribution >= 0.6 is 11.6 Å². The summed E-state index contributed by atoms with van der Waals surface area (Å²) in [5, 5.41) is 10.5. The molecule has 6 nitrogen and oxygen atoms in total. The van der Waals surface area contributed by atoms with Gasteiger partial charge in [0, 0.05) is 56.4 Å². The van der Waals surface area contributed by atoms with E-state index in [0.29, 0.717) is 31.5 Å². The standard InChI is InChI=1S/C21H32ClN5O/c1-23-21(25-11-10-24-20(28)13-16-5-2-3-6-16)26-18-9-12-27(15-18)19-8-4-7-17(22)14-19/h4,7-8,14,16,18H,2-3,5-6,9-13,15H2,1H3,(H,24,28)(H2,23,25,26). The minimum absolute atomic E-state index is 0.171. The molecule has 2 aliphatic rings. The van der Waals surface area contributed by atoms with E-state index in [0.717, 1.165) is 36.2 Å². The lowest BCUT2D eigenvalue weighted by molar-refractivity contribution is -0.121. The summed E-state index contributed by atoms with van der Waals surface area (Å²) in [7, 11) is 1.78. The van der Waals surface area contributed by atoms with Crippen molar-refractivity contribution in [3.8, 4) is 0 Å². The zero-order chi connectivity index (χ0) is 19.8. The fourth-order valence-electron chi connectivity index (χ4n) is 4.11. The van der Waals surface area contributed by atoms with Crippen LogP contribution in [-0.2, 0) is 4.79 Å². The zero-order valence-electron chi connectivity index (χ0n) is 16.7. The summed E-state index contributed by atoms with van der Waals surface area (Å²) in [4.78, 5) is 18.6. The summed E-state index contributed by atoms with van der Waals surface area (Å²) in [6, 6.07) is 8.32. The van der Waals surface area contributed by atoms with Gasteiger partial charge in [0.25, 0.3) is 0 Å². The number of halogens is 1. The molecule has 0 spiro atoms. The first-order chi connectivity index (χ1) is 13.6. The number of carbonyl (C=O) groups excluding carboxylic acids is 1. The van der Waals surface area contributed by atoms with Gasteiger partial charge in [0.1, 0.15) is 0 Å². The van der Waals surface area contributed by atoms with Gasteiger partial charge in [0.05, 0.1) is 0 Å². The van der Waals surface area contributed by atoms with Crippen molar-refractivity contribution in [2.75, 3.05) is 38.1 Å². The summed E-state index contributed by atoms with van der Waals surface area (Å²) in [6.45, 7) is 3.19. The molecule has 1 aliphatic heterocycles. The van der Waals surface area contributed by atoms with Crippen molar-refractivity contribution in [3.63, 3.8) is 0 Å². The maximum Gasteiger partial charge on any atom is 0.220 e. The molecule has 7 heteroatoms. The highest BCUT2D eigenvalue weighted by atomic mass is 35.5. The van der Waals surface area contributed by atoms with E-state index in [1.54, 1.807) is 7.05 Å². The Hall–Kier alpha value is -1.95. The molecule has 3 rings (SSSR count). The van der Waals surface area contributed by atoms with Gasteiger partial charge in [-0.3, -0.25) is 9.79 Å². The second-order valence-corrected chi connectivity index (χ2v) is 8.20. The highest BCUT2D eigenvalue weighted by Crippen LogP contribution is 2.27. The maximum absolute atomic E-state index is 12.0. The number of carbonyl (C=O) groups is 1. The van der Waals surface area contributed by atoms with E-state index in [4.69, 9.17) is 11.6 Å². The van der Waals surface area contributed by atoms with Gasteiger partial charge in [-0.2, -0.15) is 0 Å². The largest absolute Gasteiger partial charge is 0.369 e. The van der Waals surface area contributed by atoms with Gasteiger partial charge < -0.3 is 20.9 Å². The van der Waals surface area contributed by atoms with Crippen LogP contribution in [0.25, 0.3) is 0 Å². The third-order valence-corrected chi connectivity index (χ3v) is 5.85. The molecule has 0 bridgehead atoms. The van der Waals surface area contributed by atoms with Crippen LogP contribution in [0.1, 0.15) is 38.5 Å². The van der Waals surface area contributed by atoms with E-state index in [9.17, 15) is 4.79 Å². The van der Waals surface area contributed by atoms with E-state index in [2.05, 4.69) is 31.9 Å². The van der Waals surface area contributed by atoms with Crippen LogP contribution in [0, 0.1) is 5.92 Å². The van der Waals surface area contributed by atoms with Crippen molar-refractivity contribution in [1.82, 2.24) is 16.0 Å². The molecule has 1 aliphatic carbocycles. The van der Waals surface area contributed by atoms with Crippen molar-refractivity contribution in [2.45, 2.75) is 44.6 Å². The lowest BCUT2D eigenvalue weighted by Crippen LogP contribution is -2.46. The van der Waals surface area contributed by atoms with Crippen molar-refractivity contribution in [2.24, 2.45) is 10.9 Å². The summed E-state index contributed by atoms with van der Waals surface area (Å²) in [6.07, 6.45) is 6.68. The van der Waals surface area contributed by atoms with E-state index in [-0.39, 0.29) is 5.91 Å². The predicted molar refractivity (Wildman–Crippen MR) is 116 cm³/mol. The quantitative estimate of drug-likeness (QED) is 0.370. The van der Waals surface area contributed by atoms with Gasteiger partial charge in [0.15, 0.2) is 5.96 Å². The Morgan fingerprint density at radius 2 is 2.00 bits per heavy atom. The molecule has 1 atom stereocenters. The van der Waals surface area contributed by atoms with Crippen LogP contribution < -0.4 is 20.9 Å². The fraction of sp³-hybridized carbons (Fsp3) is 0.619. The summed E-state index contributed by atoms with van der Waals surface area (Å²) >= 11 is 6.11. The number of guanidine groups is 1. The van der Waals surface area contributed by atoms with E-state index < -0.39 is 0 Å². The molecule has 1 heterocycles. The number of benzene rings is 1. The Morgan fingerprint density at radius 3 is 2.75 bits per heavy atom. The van der Waals surface area contributed by atoms with Crippen LogP contribution in [-0.4, -0.2) is 51.1 Å². The fourth-order valence-corrected chi connectivity index (χ4v) is 4.29. The summed E-state index contributed by atoms with van der Waals surface area (Å²) in [5.41, 5.74) is 1.16. The number of hydrogen-bond acceptors (Lipinski definition) is 3. The molecule has 28 heavy (non-hydrogen) atoms. The maximum atomic E-state index is 12.0. The molecule has 2 fully saturated rings. The Labute approximate surface area is 173 Å². The molecule has 1 unspecified atom stereocenters. The summed E-state index contributed by atoms with van der Waals surface area (Å²) in [5.74, 6) is 1.54. The van der Waals surface area contributed by atoms with Crippen molar-refractivity contribution >= 4 is 29.2 Å². The average molecular weight is 406 g/mol. The number of anilines is 1. The van der Waals surface area contributed by atoms with E-state index >= 15 is 0 Å². The molecule has 0 aromatic heterocycles. The highest BCUT2D eigenvalue weighted by Gasteiger charge is 2.23. The van der Waals surface area contributed by atoms with E-state index in [1.807, 2.05) is 18.2 Å². The molecule has 3 N–H and O–H groups in total. The van der Waals surface area contributed by atoms with Crippen LogP contribution in [0.3, 0.4) is 0 Å². The lowest BCUT2D eigenvalue weighted by Gasteiger charge is -2.20. The molecular formula is C21H32ClN5O. The average Bonchev–Trinajstić information content (AvgIpc) is 3.36. The minimum atomic E-state index is 0.171. The van der Waals surface area contributed by atoms with Gasteiger partial charge >= 0.3 is 0 Å². The monoisotopic (exact) mass is 405 g/mol. The van der Waals surface area contributed by atoms with Crippen LogP contribution in [0.5, 0.6) is 0 Å². The first-order valence-electron chi connectivity index (χ1n) is 10.4. The summed E-state index contributed by atoms with van der Waals surface area (Å²) < 4.78 is 0. The molecule has 1 saturated heterocycles. The minimum Gasteiger partial charge on any atom is -0.369 e. The second kappa shape index (κ2) is 10.6. The topological polar surface area (TPSA) is 68.8 Å². The number of rotatable bonds is 7. The normalized spacial score (nSPS) is 20.4. The molecule has 0 radical (unpaired) electrons. The molecule has 1 aromatic rings. The van der Waals surface area contributed by atoms with Gasteiger partial charge in [-0.15, -0.1) is 0 Å². The number of nitrogens with one attached hydrogen (secondary N) is 3. The first kappa shape index (κ1) is 20.8. The van der Waals surface area contributed by atoms with Gasteiger partial charge in [-0.1, -0.05) is 30.5 Å². The Balaban J connectivity index is 1.34. The Kier molecular flexibility index (Phi) is 7.83. The second-order valence-electron chi connectivity index (χ2n) is 7.76. The van der Waals surface area contributed by atoms with Crippen LogP contribution in [0.2, 0.25) is 5.02 Å². The Bertz CT molecular complexity index is 675. The smallest absolute Gasteiger partial charge is 0.220 e. The van der Waals surface area contributed by atoms with Gasteiger partial charge in [-0.05, 0) is 43.4 Å². The molecule has 154 valence electrons. The predicted octanol–water partition coefficient (Wildman–Crippen LogP) is 2.78. The number of nitrogens with zero attached hydrogens (tertiary/aromatic N) is 2. The zero-order valence-corrected chi connectivity index (χ0v) is 17.5. The van der Waals surface area contributed by atoms with E-state index in [1.165, 1.54) is 25.7 Å². The number of aliphatic imine (C=N–C) groups is 1.